The van der Waals surface area contributed by atoms with Crippen LogP contribution in [0, 0.1) is 0 Å². The van der Waals surface area contributed by atoms with E-state index in [1.165, 1.54) is 10.6 Å². The largest absolute Gasteiger partial charge is 0.350 e. The van der Waals surface area contributed by atoms with Crippen molar-refractivity contribution in [2.75, 3.05) is 37.0 Å². The lowest BCUT2D eigenvalue weighted by molar-refractivity contribution is 0.677. The Kier molecular flexibility index (Phi) is 7.80. The number of thiazole rings is 1. The highest BCUT2D eigenvalue weighted by atomic mass is 32.2. The summed E-state index contributed by atoms with van der Waals surface area (Å²) in [6.45, 7) is 9.68. The van der Waals surface area contributed by atoms with Crippen molar-refractivity contribution in [3.63, 3.8) is 0 Å². The summed E-state index contributed by atoms with van der Waals surface area (Å²) in [6.07, 6.45) is 3.30. The number of anilines is 1. The number of aromatic nitrogens is 1. The van der Waals surface area contributed by atoms with E-state index < -0.39 is 0 Å². The number of nitrogens with zero attached hydrogens (tertiary/aromatic N) is 2. The van der Waals surface area contributed by atoms with Gasteiger partial charge >= 0.3 is 0 Å². The van der Waals surface area contributed by atoms with Crippen molar-refractivity contribution in [2.45, 2.75) is 39.7 Å². The minimum Gasteiger partial charge on any atom is -0.350 e. The van der Waals surface area contributed by atoms with Crippen LogP contribution in [0.5, 0.6) is 0 Å². The molecule has 0 aliphatic heterocycles. The molecule has 0 saturated heterocycles. The summed E-state index contributed by atoms with van der Waals surface area (Å²) >= 11 is 3.73. The Labute approximate surface area is 126 Å². The Morgan fingerprint density at radius 2 is 2.16 bits per heavy atom. The van der Waals surface area contributed by atoms with Crippen molar-refractivity contribution in [1.82, 2.24) is 10.3 Å². The molecule has 1 rings (SSSR count). The van der Waals surface area contributed by atoms with E-state index >= 15 is 0 Å². The fourth-order valence-corrected chi connectivity index (χ4v) is 3.37. The van der Waals surface area contributed by atoms with Gasteiger partial charge in [0.1, 0.15) is 0 Å². The van der Waals surface area contributed by atoms with Gasteiger partial charge in [-0.05, 0) is 25.1 Å². The van der Waals surface area contributed by atoms with Crippen LogP contribution in [0.3, 0.4) is 0 Å². The van der Waals surface area contributed by atoms with Gasteiger partial charge in [-0.25, -0.2) is 4.98 Å². The molecule has 0 radical (unpaired) electrons. The van der Waals surface area contributed by atoms with E-state index in [1.54, 1.807) is 0 Å². The van der Waals surface area contributed by atoms with Gasteiger partial charge in [-0.1, -0.05) is 20.8 Å². The zero-order valence-corrected chi connectivity index (χ0v) is 14.5. The molecular formula is C14H27N3S2. The van der Waals surface area contributed by atoms with E-state index in [0.717, 1.165) is 36.9 Å². The normalized spacial score (nSPS) is 12.7. The highest BCUT2D eigenvalue weighted by molar-refractivity contribution is 7.98. The molecule has 0 bridgehead atoms. The first-order valence-electron chi connectivity index (χ1n) is 7.04. The molecule has 0 amide bonds. The third-order valence-corrected chi connectivity index (χ3v) is 5.06. The van der Waals surface area contributed by atoms with E-state index in [0.29, 0.717) is 5.92 Å². The molecule has 1 unspecified atom stereocenters. The van der Waals surface area contributed by atoms with Gasteiger partial charge in [0.25, 0.3) is 0 Å². The highest BCUT2D eigenvalue weighted by Crippen LogP contribution is 2.31. The van der Waals surface area contributed by atoms with Gasteiger partial charge in [-0.3, -0.25) is 0 Å². The second-order valence-electron chi connectivity index (χ2n) is 4.81. The average molecular weight is 302 g/mol. The number of nitrogens with one attached hydrogen (secondary N) is 1. The van der Waals surface area contributed by atoms with Crippen molar-refractivity contribution in [3.05, 3.63) is 10.6 Å². The van der Waals surface area contributed by atoms with Crippen LogP contribution in [0.15, 0.2) is 0 Å². The zero-order valence-electron chi connectivity index (χ0n) is 12.8. The number of hydrogen-bond donors (Lipinski definition) is 1. The van der Waals surface area contributed by atoms with E-state index in [4.69, 9.17) is 4.98 Å². The molecule has 1 N–H and O–H groups in total. The van der Waals surface area contributed by atoms with Gasteiger partial charge in [0, 0.05) is 30.8 Å². The van der Waals surface area contributed by atoms with Gasteiger partial charge in [0.05, 0.1) is 5.69 Å². The maximum atomic E-state index is 4.88. The van der Waals surface area contributed by atoms with E-state index in [9.17, 15) is 0 Å². The Balaban J connectivity index is 2.85. The van der Waals surface area contributed by atoms with Crippen molar-refractivity contribution in [3.8, 4) is 0 Å². The highest BCUT2D eigenvalue weighted by Gasteiger charge is 2.17. The molecular weight excluding hydrogens is 274 g/mol. The van der Waals surface area contributed by atoms with Gasteiger partial charge in [-0.15, -0.1) is 11.3 Å². The van der Waals surface area contributed by atoms with Crippen LogP contribution in [-0.4, -0.2) is 37.1 Å². The summed E-state index contributed by atoms with van der Waals surface area (Å²) in [4.78, 5) is 8.57. The fraction of sp³-hybridized carbons (Fsp3) is 0.786. The molecule has 1 atom stereocenters. The average Bonchev–Trinajstić information content (AvgIpc) is 2.85. The maximum Gasteiger partial charge on any atom is 0.185 e. The molecule has 1 aromatic heterocycles. The molecule has 0 saturated carbocycles. The lowest BCUT2D eigenvalue weighted by atomic mass is 10.0. The van der Waals surface area contributed by atoms with E-state index in [1.807, 2.05) is 23.1 Å². The van der Waals surface area contributed by atoms with Crippen molar-refractivity contribution in [2.24, 2.45) is 0 Å². The van der Waals surface area contributed by atoms with Crippen LogP contribution >= 0.6 is 23.1 Å². The van der Waals surface area contributed by atoms with Gasteiger partial charge < -0.3 is 10.2 Å². The third kappa shape index (κ3) is 4.97. The minimum absolute atomic E-state index is 0.549. The molecule has 110 valence electrons. The summed E-state index contributed by atoms with van der Waals surface area (Å²) in [5.41, 5.74) is 1.29. The van der Waals surface area contributed by atoms with E-state index in [2.05, 4.69) is 44.3 Å². The lowest BCUT2D eigenvalue weighted by Crippen LogP contribution is -2.19. The monoisotopic (exact) mass is 301 g/mol. The second-order valence-corrected chi connectivity index (χ2v) is 6.86. The van der Waals surface area contributed by atoms with Crippen molar-refractivity contribution >= 4 is 28.2 Å². The number of thioether (sulfide) groups is 1. The zero-order chi connectivity index (χ0) is 14.3. The van der Waals surface area contributed by atoms with Crippen molar-refractivity contribution < 1.29 is 0 Å². The second kappa shape index (κ2) is 8.82. The molecule has 0 aliphatic carbocycles. The fourth-order valence-electron chi connectivity index (χ4n) is 1.78. The van der Waals surface area contributed by atoms with Crippen LogP contribution in [0.2, 0.25) is 0 Å². The molecule has 0 spiro atoms. The van der Waals surface area contributed by atoms with Crippen LogP contribution in [-0.2, 0) is 6.54 Å². The van der Waals surface area contributed by atoms with E-state index in [-0.39, 0.29) is 0 Å². The first kappa shape index (κ1) is 16.8. The van der Waals surface area contributed by atoms with Gasteiger partial charge in [0.15, 0.2) is 5.13 Å². The summed E-state index contributed by atoms with van der Waals surface area (Å²) in [5, 5.41) is 4.59. The molecule has 19 heavy (non-hydrogen) atoms. The first-order valence-corrected chi connectivity index (χ1v) is 9.25. The van der Waals surface area contributed by atoms with Crippen LogP contribution < -0.4 is 10.2 Å². The number of rotatable bonds is 9. The van der Waals surface area contributed by atoms with Crippen molar-refractivity contribution in [1.29, 1.82) is 0 Å². The molecule has 0 fully saturated rings. The molecule has 0 aliphatic rings. The lowest BCUT2D eigenvalue weighted by Gasteiger charge is -2.14. The Bertz CT molecular complexity index is 366. The molecule has 3 nitrogen and oxygen atoms in total. The van der Waals surface area contributed by atoms with Gasteiger partial charge in [-0.2, -0.15) is 11.8 Å². The standard InChI is InChI=1S/C14H27N3S2/c1-6-11(3)13-12(10-15-7-2)19-14(16-13)17(4)8-9-18-5/h11,15H,6-10H2,1-5H3. The quantitative estimate of drug-likeness (QED) is 0.755. The minimum atomic E-state index is 0.549. The maximum absolute atomic E-state index is 4.88. The van der Waals surface area contributed by atoms with Gasteiger partial charge in [0.2, 0.25) is 0 Å². The van der Waals surface area contributed by atoms with Crippen LogP contribution in [0.4, 0.5) is 5.13 Å². The predicted molar refractivity (Wildman–Crippen MR) is 89.9 cm³/mol. The first-order chi connectivity index (χ1) is 9.13. The SMILES string of the molecule is CCNCc1sc(N(C)CCSC)nc1C(C)CC. The smallest absolute Gasteiger partial charge is 0.185 e. The molecule has 5 heteroatoms. The summed E-state index contributed by atoms with van der Waals surface area (Å²) in [5.74, 6) is 1.70. The van der Waals surface area contributed by atoms with Crippen LogP contribution in [0.1, 0.15) is 43.7 Å². The number of hydrogen-bond acceptors (Lipinski definition) is 5. The summed E-state index contributed by atoms with van der Waals surface area (Å²) in [6, 6.07) is 0. The third-order valence-electron chi connectivity index (χ3n) is 3.29. The Morgan fingerprint density at radius 1 is 1.42 bits per heavy atom. The van der Waals surface area contributed by atoms with Crippen LogP contribution in [0.25, 0.3) is 0 Å². The summed E-state index contributed by atoms with van der Waals surface area (Å²) in [7, 11) is 2.15. The molecule has 1 aromatic rings. The Morgan fingerprint density at radius 3 is 2.74 bits per heavy atom. The molecule has 0 aromatic carbocycles. The Hall–Kier alpha value is -0.260. The topological polar surface area (TPSA) is 28.2 Å². The predicted octanol–water partition coefficient (Wildman–Crippen LogP) is 3.57. The molecule has 1 heterocycles. The summed E-state index contributed by atoms with van der Waals surface area (Å²) < 4.78 is 0.